The van der Waals surface area contributed by atoms with Crippen molar-refractivity contribution < 1.29 is 14.3 Å². The van der Waals surface area contributed by atoms with E-state index < -0.39 is 6.09 Å². The molecule has 7 nitrogen and oxygen atoms in total. The van der Waals surface area contributed by atoms with Gasteiger partial charge < -0.3 is 10.1 Å². The highest BCUT2D eigenvalue weighted by Crippen LogP contribution is 2.23. The Balaban J connectivity index is 1.93. The number of carbonyl (C=O) groups is 2. The van der Waals surface area contributed by atoms with Crippen molar-refractivity contribution in [2.75, 3.05) is 17.7 Å². The van der Waals surface area contributed by atoms with Gasteiger partial charge in [0.05, 0.1) is 19.0 Å². The van der Waals surface area contributed by atoms with E-state index in [0.717, 1.165) is 5.56 Å². The molecule has 1 aromatic heterocycles. The lowest BCUT2D eigenvalue weighted by Gasteiger charge is -2.11. The fourth-order valence-electron chi connectivity index (χ4n) is 2.23. The SMILES string of the molecule is COC(=O)Nc1nc(-c2ccccc2)cnc1NC(=O)c1ccccc1. The van der Waals surface area contributed by atoms with Crippen LogP contribution >= 0.6 is 0 Å². The molecular formula is C19H16N4O3. The van der Waals surface area contributed by atoms with Crippen molar-refractivity contribution in [1.82, 2.24) is 9.97 Å². The summed E-state index contributed by atoms with van der Waals surface area (Å²) >= 11 is 0. The Morgan fingerprint density at radius 1 is 0.885 bits per heavy atom. The molecule has 0 saturated carbocycles. The molecule has 0 saturated heterocycles. The summed E-state index contributed by atoms with van der Waals surface area (Å²) in [6, 6.07) is 18.0. The number of hydrogen-bond acceptors (Lipinski definition) is 5. The molecule has 0 fully saturated rings. The van der Waals surface area contributed by atoms with Crippen molar-refractivity contribution in [2.24, 2.45) is 0 Å². The first-order valence-corrected chi connectivity index (χ1v) is 7.81. The minimum Gasteiger partial charge on any atom is -0.453 e. The van der Waals surface area contributed by atoms with Gasteiger partial charge >= 0.3 is 6.09 Å². The Morgan fingerprint density at radius 2 is 1.54 bits per heavy atom. The summed E-state index contributed by atoms with van der Waals surface area (Å²) in [6.45, 7) is 0. The molecule has 2 aromatic carbocycles. The number of benzene rings is 2. The van der Waals surface area contributed by atoms with Crippen LogP contribution in [-0.2, 0) is 4.74 Å². The van der Waals surface area contributed by atoms with Crippen LogP contribution in [0.15, 0.2) is 66.9 Å². The molecule has 0 atom stereocenters. The minimum atomic E-state index is -0.709. The number of methoxy groups -OCH3 is 1. The molecule has 7 heteroatoms. The number of rotatable bonds is 4. The topological polar surface area (TPSA) is 93.2 Å². The van der Waals surface area contributed by atoms with Crippen LogP contribution in [0.4, 0.5) is 16.4 Å². The fourth-order valence-corrected chi connectivity index (χ4v) is 2.23. The molecule has 3 rings (SSSR count). The molecule has 130 valence electrons. The summed E-state index contributed by atoms with van der Waals surface area (Å²) in [5.41, 5.74) is 1.84. The normalized spacial score (nSPS) is 10.0. The first-order chi connectivity index (χ1) is 12.7. The van der Waals surface area contributed by atoms with E-state index in [-0.39, 0.29) is 17.5 Å². The maximum Gasteiger partial charge on any atom is 0.412 e. The highest BCUT2D eigenvalue weighted by molar-refractivity contribution is 6.05. The first kappa shape index (κ1) is 17.1. The molecule has 3 aromatic rings. The van der Waals surface area contributed by atoms with Gasteiger partial charge in [0.15, 0.2) is 11.6 Å². The number of amides is 2. The maximum absolute atomic E-state index is 12.4. The molecule has 1 heterocycles. The molecule has 0 aliphatic heterocycles. The van der Waals surface area contributed by atoms with Gasteiger partial charge in [0.1, 0.15) is 0 Å². The van der Waals surface area contributed by atoms with E-state index >= 15 is 0 Å². The van der Waals surface area contributed by atoms with E-state index in [1.165, 1.54) is 13.3 Å². The highest BCUT2D eigenvalue weighted by Gasteiger charge is 2.15. The van der Waals surface area contributed by atoms with Crippen molar-refractivity contribution in [3.05, 3.63) is 72.4 Å². The molecule has 2 N–H and O–H groups in total. The monoisotopic (exact) mass is 348 g/mol. The number of carbonyl (C=O) groups excluding carboxylic acids is 2. The second-order valence-electron chi connectivity index (χ2n) is 5.26. The maximum atomic E-state index is 12.4. The molecule has 0 bridgehead atoms. The third kappa shape index (κ3) is 4.02. The van der Waals surface area contributed by atoms with E-state index in [1.54, 1.807) is 24.3 Å². The summed E-state index contributed by atoms with van der Waals surface area (Å²) in [5.74, 6) is -0.133. The largest absolute Gasteiger partial charge is 0.453 e. The number of nitrogens with one attached hydrogen (secondary N) is 2. The van der Waals surface area contributed by atoms with Gasteiger partial charge in [-0.3, -0.25) is 10.1 Å². The molecule has 0 spiro atoms. The third-order valence-corrected chi connectivity index (χ3v) is 3.52. The number of aromatic nitrogens is 2. The molecule has 2 amide bonds. The van der Waals surface area contributed by atoms with Crippen molar-refractivity contribution in [3.8, 4) is 11.3 Å². The summed E-state index contributed by atoms with van der Waals surface area (Å²) in [7, 11) is 1.24. The highest BCUT2D eigenvalue weighted by atomic mass is 16.5. The van der Waals surface area contributed by atoms with Gasteiger partial charge in [-0.05, 0) is 12.1 Å². The lowest BCUT2D eigenvalue weighted by Crippen LogP contribution is -2.18. The quantitative estimate of drug-likeness (QED) is 0.752. The Morgan fingerprint density at radius 3 is 2.19 bits per heavy atom. The van der Waals surface area contributed by atoms with Gasteiger partial charge in [0, 0.05) is 11.1 Å². The average molecular weight is 348 g/mol. The molecule has 0 aliphatic rings. The lowest BCUT2D eigenvalue weighted by molar-refractivity contribution is 0.102. The van der Waals surface area contributed by atoms with Crippen LogP contribution in [0.1, 0.15) is 10.4 Å². The van der Waals surface area contributed by atoms with Crippen LogP contribution in [0.3, 0.4) is 0 Å². The van der Waals surface area contributed by atoms with Crippen LogP contribution in [0.5, 0.6) is 0 Å². The summed E-state index contributed by atoms with van der Waals surface area (Å²) in [4.78, 5) is 32.6. The Bertz CT molecular complexity index is 915. The molecular weight excluding hydrogens is 332 g/mol. The number of hydrogen-bond donors (Lipinski definition) is 2. The Labute approximate surface area is 150 Å². The molecule has 26 heavy (non-hydrogen) atoms. The zero-order valence-corrected chi connectivity index (χ0v) is 14.0. The smallest absolute Gasteiger partial charge is 0.412 e. The van der Waals surface area contributed by atoms with Gasteiger partial charge in [0.25, 0.3) is 5.91 Å². The number of ether oxygens (including phenoxy) is 1. The summed E-state index contributed by atoms with van der Waals surface area (Å²) in [6.07, 6.45) is 0.818. The van der Waals surface area contributed by atoms with Crippen LogP contribution in [0, 0.1) is 0 Å². The van der Waals surface area contributed by atoms with Crippen molar-refractivity contribution in [3.63, 3.8) is 0 Å². The molecule has 0 radical (unpaired) electrons. The van der Waals surface area contributed by atoms with E-state index in [0.29, 0.717) is 11.3 Å². The van der Waals surface area contributed by atoms with Gasteiger partial charge in [0.2, 0.25) is 0 Å². The van der Waals surface area contributed by atoms with Gasteiger partial charge in [-0.1, -0.05) is 48.5 Å². The van der Waals surface area contributed by atoms with Crippen molar-refractivity contribution in [2.45, 2.75) is 0 Å². The van der Waals surface area contributed by atoms with Gasteiger partial charge in [-0.25, -0.2) is 14.8 Å². The number of anilines is 2. The van der Waals surface area contributed by atoms with Crippen LogP contribution in [0.25, 0.3) is 11.3 Å². The molecule has 0 unspecified atom stereocenters. The predicted octanol–water partition coefficient (Wildman–Crippen LogP) is 3.57. The van der Waals surface area contributed by atoms with Crippen LogP contribution < -0.4 is 10.6 Å². The van der Waals surface area contributed by atoms with E-state index in [1.807, 2.05) is 36.4 Å². The van der Waals surface area contributed by atoms with E-state index in [9.17, 15) is 9.59 Å². The van der Waals surface area contributed by atoms with Gasteiger partial charge in [-0.2, -0.15) is 0 Å². The van der Waals surface area contributed by atoms with Crippen LogP contribution in [0.2, 0.25) is 0 Å². The standard InChI is InChI=1S/C19H16N4O3/c1-26-19(25)23-17-16(22-18(24)14-10-6-3-7-11-14)20-12-15(21-17)13-8-4-2-5-9-13/h2-12H,1H3,(H,20,22,24)(H,21,23,25). The van der Waals surface area contributed by atoms with Crippen LogP contribution in [-0.4, -0.2) is 29.1 Å². The summed E-state index contributed by atoms with van der Waals surface area (Å²) < 4.78 is 4.61. The van der Waals surface area contributed by atoms with Crippen molar-refractivity contribution >= 4 is 23.6 Å². The minimum absolute atomic E-state index is 0.0995. The van der Waals surface area contributed by atoms with E-state index in [4.69, 9.17) is 0 Å². The zero-order chi connectivity index (χ0) is 18.4. The molecule has 0 aliphatic carbocycles. The van der Waals surface area contributed by atoms with Gasteiger partial charge in [-0.15, -0.1) is 0 Å². The first-order valence-electron chi connectivity index (χ1n) is 7.81. The Hall–Kier alpha value is -3.74. The van der Waals surface area contributed by atoms with Crippen molar-refractivity contribution in [1.29, 1.82) is 0 Å². The second-order valence-corrected chi connectivity index (χ2v) is 5.26. The fraction of sp³-hybridized carbons (Fsp3) is 0.0526. The number of nitrogens with zero attached hydrogens (tertiary/aromatic N) is 2. The Kier molecular flexibility index (Phi) is 5.19. The average Bonchev–Trinajstić information content (AvgIpc) is 2.70. The predicted molar refractivity (Wildman–Crippen MR) is 97.9 cm³/mol. The van der Waals surface area contributed by atoms with E-state index in [2.05, 4.69) is 25.3 Å². The third-order valence-electron chi connectivity index (χ3n) is 3.52. The second kappa shape index (κ2) is 7.89. The zero-order valence-electron chi connectivity index (χ0n) is 14.0. The lowest BCUT2D eigenvalue weighted by atomic mass is 10.2. The summed E-state index contributed by atoms with van der Waals surface area (Å²) in [5, 5.41) is 5.13.